The molecule has 2 aromatic rings. The Labute approximate surface area is 152 Å². The molecule has 0 aliphatic heterocycles. The molecule has 7 nitrogen and oxygen atoms in total. The van der Waals surface area contributed by atoms with Gasteiger partial charge in [-0.2, -0.15) is 0 Å². The van der Waals surface area contributed by atoms with E-state index in [2.05, 4.69) is 16.0 Å². The van der Waals surface area contributed by atoms with E-state index in [1.54, 1.807) is 42.5 Å². The van der Waals surface area contributed by atoms with Crippen molar-refractivity contribution in [2.45, 2.75) is 19.8 Å². The fraction of sp³-hybridized carbons (Fsp3) is 0.211. The summed E-state index contributed by atoms with van der Waals surface area (Å²) in [6.07, 6.45) is 1.28. The highest BCUT2D eigenvalue weighted by molar-refractivity contribution is 5.97. The van der Waals surface area contributed by atoms with E-state index in [9.17, 15) is 14.4 Å². The average molecular weight is 354 g/mol. The van der Waals surface area contributed by atoms with Gasteiger partial charge in [-0.15, -0.1) is 0 Å². The third-order valence-corrected chi connectivity index (χ3v) is 3.53. The molecule has 5 N–H and O–H groups in total. The highest BCUT2D eigenvalue weighted by Crippen LogP contribution is 2.14. The zero-order chi connectivity index (χ0) is 18.9. The van der Waals surface area contributed by atoms with E-state index in [1.807, 2.05) is 6.92 Å². The Bertz CT molecular complexity index is 788. The summed E-state index contributed by atoms with van der Waals surface area (Å²) in [6.45, 7) is 2.00. The molecule has 26 heavy (non-hydrogen) atoms. The second-order valence-electron chi connectivity index (χ2n) is 5.72. The number of carbonyl (C=O) groups is 3. The molecule has 136 valence electrons. The number of nitrogens with one attached hydrogen (secondary N) is 3. The fourth-order valence-corrected chi connectivity index (χ4v) is 2.26. The molecule has 0 bridgehead atoms. The lowest BCUT2D eigenvalue weighted by Gasteiger charge is -2.09. The summed E-state index contributed by atoms with van der Waals surface area (Å²) in [5.74, 6) is -0.830. The Hall–Kier alpha value is -3.35. The van der Waals surface area contributed by atoms with Crippen LogP contribution in [-0.4, -0.2) is 24.3 Å². The molecule has 0 unspecified atom stereocenters. The number of amides is 3. The molecule has 0 aliphatic rings. The van der Waals surface area contributed by atoms with Crippen LogP contribution in [0.4, 0.5) is 17.1 Å². The van der Waals surface area contributed by atoms with Crippen LogP contribution in [0.15, 0.2) is 48.5 Å². The van der Waals surface area contributed by atoms with Crippen LogP contribution in [-0.2, 0) is 9.59 Å². The summed E-state index contributed by atoms with van der Waals surface area (Å²) in [5, 5.41) is 8.48. The highest BCUT2D eigenvalue weighted by Gasteiger charge is 2.06. The van der Waals surface area contributed by atoms with Crippen molar-refractivity contribution in [3.63, 3.8) is 0 Å². The summed E-state index contributed by atoms with van der Waals surface area (Å²) in [7, 11) is 0. The highest BCUT2D eigenvalue weighted by atomic mass is 16.2. The topological polar surface area (TPSA) is 113 Å². The maximum atomic E-state index is 12.0. The summed E-state index contributed by atoms with van der Waals surface area (Å²) in [5.41, 5.74) is 7.51. The third-order valence-electron chi connectivity index (χ3n) is 3.53. The SMILES string of the molecule is CCCC(=O)Nc1ccc(NCC(=O)Nc2cccc(C(N)=O)c2)cc1. The van der Waals surface area contributed by atoms with E-state index < -0.39 is 5.91 Å². The minimum Gasteiger partial charge on any atom is -0.376 e. The van der Waals surface area contributed by atoms with Crippen LogP contribution in [0.2, 0.25) is 0 Å². The van der Waals surface area contributed by atoms with E-state index in [-0.39, 0.29) is 18.4 Å². The van der Waals surface area contributed by atoms with Crippen LogP contribution in [0.25, 0.3) is 0 Å². The number of carbonyl (C=O) groups excluding carboxylic acids is 3. The van der Waals surface area contributed by atoms with Gasteiger partial charge in [0.05, 0.1) is 6.54 Å². The van der Waals surface area contributed by atoms with Gasteiger partial charge in [0.25, 0.3) is 0 Å². The van der Waals surface area contributed by atoms with Gasteiger partial charge in [0.15, 0.2) is 0 Å². The predicted octanol–water partition coefficient (Wildman–Crippen LogP) is 2.57. The van der Waals surface area contributed by atoms with E-state index in [1.165, 1.54) is 6.07 Å². The molecule has 0 saturated carbocycles. The molecule has 7 heteroatoms. The van der Waals surface area contributed by atoms with E-state index in [0.29, 0.717) is 23.4 Å². The van der Waals surface area contributed by atoms with Crippen LogP contribution < -0.4 is 21.7 Å². The second-order valence-corrected chi connectivity index (χ2v) is 5.72. The number of hydrogen-bond acceptors (Lipinski definition) is 4. The van der Waals surface area contributed by atoms with E-state index in [0.717, 1.165) is 12.1 Å². The quantitative estimate of drug-likeness (QED) is 0.583. The molecule has 0 atom stereocenters. The minimum absolute atomic E-state index is 0.0224. The Balaban J connectivity index is 1.84. The fourth-order valence-electron chi connectivity index (χ4n) is 2.26. The van der Waals surface area contributed by atoms with Gasteiger partial charge in [0.2, 0.25) is 17.7 Å². The molecule has 0 saturated heterocycles. The molecule has 2 rings (SSSR count). The van der Waals surface area contributed by atoms with Gasteiger partial charge < -0.3 is 21.7 Å². The van der Waals surface area contributed by atoms with Crippen LogP contribution in [0, 0.1) is 0 Å². The third kappa shape index (κ3) is 5.94. The maximum absolute atomic E-state index is 12.0. The van der Waals surface area contributed by atoms with Gasteiger partial charge in [0, 0.05) is 29.0 Å². The maximum Gasteiger partial charge on any atom is 0.248 e. The van der Waals surface area contributed by atoms with Crippen LogP contribution in [0.3, 0.4) is 0 Å². The van der Waals surface area contributed by atoms with Crippen LogP contribution >= 0.6 is 0 Å². The molecular formula is C19H22N4O3. The Kier molecular flexibility index (Phi) is 6.73. The zero-order valence-corrected chi connectivity index (χ0v) is 14.5. The standard InChI is InChI=1S/C19H22N4O3/c1-2-4-17(24)22-15-9-7-14(8-10-15)21-12-18(25)23-16-6-3-5-13(11-16)19(20)26/h3,5-11,21H,2,4,12H2,1H3,(H2,20,26)(H,22,24)(H,23,25). The summed E-state index contributed by atoms with van der Waals surface area (Å²) >= 11 is 0. The van der Waals surface area contributed by atoms with Gasteiger partial charge in [-0.05, 0) is 48.9 Å². The van der Waals surface area contributed by atoms with Crippen molar-refractivity contribution in [1.29, 1.82) is 0 Å². The molecule has 0 radical (unpaired) electrons. The zero-order valence-electron chi connectivity index (χ0n) is 14.5. The van der Waals surface area contributed by atoms with Crippen molar-refractivity contribution >= 4 is 34.8 Å². The smallest absolute Gasteiger partial charge is 0.248 e. The Morgan fingerprint density at radius 2 is 1.54 bits per heavy atom. The number of anilines is 3. The monoisotopic (exact) mass is 354 g/mol. The lowest BCUT2D eigenvalue weighted by atomic mass is 10.2. The van der Waals surface area contributed by atoms with E-state index in [4.69, 9.17) is 5.73 Å². The number of nitrogens with two attached hydrogens (primary N) is 1. The van der Waals surface area contributed by atoms with Crippen molar-refractivity contribution in [2.75, 3.05) is 22.5 Å². The second kappa shape index (κ2) is 9.22. The lowest BCUT2D eigenvalue weighted by Crippen LogP contribution is -2.22. The molecular weight excluding hydrogens is 332 g/mol. The average Bonchev–Trinajstić information content (AvgIpc) is 2.61. The first-order valence-corrected chi connectivity index (χ1v) is 8.31. The summed E-state index contributed by atoms with van der Waals surface area (Å²) < 4.78 is 0. The van der Waals surface area contributed by atoms with Crippen LogP contribution in [0.5, 0.6) is 0 Å². The van der Waals surface area contributed by atoms with Gasteiger partial charge in [0.1, 0.15) is 0 Å². The van der Waals surface area contributed by atoms with Crippen molar-refractivity contribution in [3.8, 4) is 0 Å². The summed E-state index contributed by atoms with van der Waals surface area (Å²) in [6, 6.07) is 13.5. The van der Waals surface area contributed by atoms with Gasteiger partial charge in [-0.3, -0.25) is 14.4 Å². The van der Waals surface area contributed by atoms with E-state index >= 15 is 0 Å². The molecule has 0 aliphatic carbocycles. The lowest BCUT2D eigenvalue weighted by molar-refractivity contribution is -0.116. The molecule has 2 aromatic carbocycles. The largest absolute Gasteiger partial charge is 0.376 e. The number of primary amides is 1. The van der Waals surface area contributed by atoms with Crippen molar-refractivity contribution in [3.05, 3.63) is 54.1 Å². The van der Waals surface area contributed by atoms with Gasteiger partial charge >= 0.3 is 0 Å². The molecule has 3 amide bonds. The number of benzene rings is 2. The van der Waals surface area contributed by atoms with Crippen molar-refractivity contribution < 1.29 is 14.4 Å². The Morgan fingerprint density at radius 3 is 2.19 bits per heavy atom. The minimum atomic E-state index is -0.551. The predicted molar refractivity (Wildman–Crippen MR) is 102 cm³/mol. The Morgan fingerprint density at radius 1 is 0.885 bits per heavy atom. The number of hydrogen-bond donors (Lipinski definition) is 4. The first-order valence-electron chi connectivity index (χ1n) is 8.31. The van der Waals surface area contributed by atoms with Gasteiger partial charge in [-0.1, -0.05) is 13.0 Å². The van der Waals surface area contributed by atoms with Crippen LogP contribution in [0.1, 0.15) is 30.1 Å². The molecule has 0 aromatic heterocycles. The van der Waals surface area contributed by atoms with Crippen molar-refractivity contribution in [1.82, 2.24) is 0 Å². The number of rotatable bonds is 8. The van der Waals surface area contributed by atoms with Crippen molar-refractivity contribution in [2.24, 2.45) is 5.73 Å². The molecule has 0 spiro atoms. The summed E-state index contributed by atoms with van der Waals surface area (Å²) in [4.78, 5) is 34.7. The van der Waals surface area contributed by atoms with Gasteiger partial charge in [-0.25, -0.2) is 0 Å². The first kappa shape index (κ1) is 19.0. The first-order chi connectivity index (χ1) is 12.5. The molecule has 0 fully saturated rings. The normalized spacial score (nSPS) is 10.0. The molecule has 0 heterocycles.